The summed E-state index contributed by atoms with van der Waals surface area (Å²) in [4.78, 5) is 10.3. The lowest BCUT2D eigenvalue weighted by Crippen LogP contribution is -2.49. The number of piperidine rings is 1. The topological polar surface area (TPSA) is 61.8 Å². The molecule has 1 saturated heterocycles. The molecule has 0 radical (unpaired) electrons. The van der Waals surface area contributed by atoms with Crippen LogP contribution in [0.5, 0.6) is 5.88 Å². The van der Waals surface area contributed by atoms with E-state index in [1.165, 1.54) is 17.8 Å². The molecule has 0 atom stereocenters. The largest absolute Gasteiger partial charge is 0.475 e. The molecule has 176 valence electrons. The van der Waals surface area contributed by atoms with Crippen molar-refractivity contribution in [1.29, 1.82) is 0 Å². The maximum atomic E-state index is 13.0. The second-order valence-corrected chi connectivity index (χ2v) is 7.38. The molecule has 0 unspecified atom stereocenters. The van der Waals surface area contributed by atoms with Crippen LogP contribution in [0.2, 0.25) is 0 Å². The fraction of sp³-hybridized carbons (Fsp3) is 0.455. The smallest absolute Gasteiger partial charge is 0.421 e. The number of ether oxygens (including phenoxy) is 1. The number of hydrogen-bond donors (Lipinski definition) is 2. The Balaban J connectivity index is 0.00000363. The number of guanidine groups is 1. The molecule has 2 N–H and O–H groups in total. The number of pyridine rings is 1. The van der Waals surface area contributed by atoms with Gasteiger partial charge in [-0.2, -0.15) is 13.2 Å². The van der Waals surface area contributed by atoms with Crippen molar-refractivity contribution in [3.63, 3.8) is 0 Å². The van der Waals surface area contributed by atoms with Crippen LogP contribution in [0.4, 0.5) is 13.2 Å². The van der Waals surface area contributed by atoms with E-state index < -0.39 is 17.6 Å². The van der Waals surface area contributed by atoms with E-state index in [1.54, 1.807) is 7.05 Å². The molecule has 1 aromatic carbocycles. The van der Waals surface area contributed by atoms with E-state index in [2.05, 4.69) is 49.8 Å². The summed E-state index contributed by atoms with van der Waals surface area (Å²) in [7, 11) is 1.67. The lowest BCUT2D eigenvalue weighted by Gasteiger charge is -2.33. The van der Waals surface area contributed by atoms with Crippen molar-refractivity contribution in [2.24, 2.45) is 4.99 Å². The fourth-order valence-electron chi connectivity index (χ4n) is 3.50. The highest BCUT2D eigenvalue weighted by atomic mass is 127. The van der Waals surface area contributed by atoms with Gasteiger partial charge in [0.05, 0.1) is 6.54 Å². The van der Waals surface area contributed by atoms with Crippen LogP contribution in [0.3, 0.4) is 0 Å². The molecule has 6 nitrogen and oxygen atoms in total. The van der Waals surface area contributed by atoms with E-state index >= 15 is 0 Å². The predicted octanol–water partition coefficient (Wildman–Crippen LogP) is 3.93. The van der Waals surface area contributed by atoms with Crippen LogP contribution in [0.1, 0.15) is 24.0 Å². The van der Waals surface area contributed by atoms with Crippen LogP contribution in [0.15, 0.2) is 53.7 Å². The average Bonchev–Trinajstić information content (AvgIpc) is 2.77. The van der Waals surface area contributed by atoms with Crippen LogP contribution in [0, 0.1) is 0 Å². The van der Waals surface area contributed by atoms with E-state index in [4.69, 9.17) is 4.74 Å². The molecule has 0 saturated carbocycles. The molecule has 0 bridgehead atoms. The first-order chi connectivity index (χ1) is 15.0. The number of hydrogen-bond acceptors (Lipinski definition) is 4. The second kappa shape index (κ2) is 12.8. The molecule has 0 spiro atoms. The summed E-state index contributed by atoms with van der Waals surface area (Å²) in [6, 6.07) is 12.9. The van der Waals surface area contributed by atoms with Crippen molar-refractivity contribution in [2.45, 2.75) is 31.6 Å². The lowest BCUT2D eigenvalue weighted by molar-refractivity contribution is -0.139. The van der Waals surface area contributed by atoms with E-state index in [-0.39, 0.29) is 30.6 Å². The highest BCUT2D eigenvalue weighted by Crippen LogP contribution is 2.34. The van der Waals surface area contributed by atoms with Gasteiger partial charge < -0.3 is 15.4 Å². The number of alkyl halides is 3. The summed E-state index contributed by atoms with van der Waals surface area (Å²) in [6.45, 7) is 3.28. The Bertz CT molecular complexity index is 843. The van der Waals surface area contributed by atoms with Gasteiger partial charge in [0.2, 0.25) is 5.88 Å². The van der Waals surface area contributed by atoms with E-state index in [9.17, 15) is 13.2 Å². The standard InChI is InChI=1S/C22H28F3N5O.HI/c1-26-21(28-12-15-31-20-19(22(23,24)25)8-5-11-27-20)29-18-9-13-30(14-10-18)16-17-6-3-2-4-7-17;/h2-8,11,18H,9-10,12-16H2,1H3,(H2,26,28,29);1H. The average molecular weight is 563 g/mol. The zero-order valence-corrected chi connectivity index (χ0v) is 20.3. The third-order valence-electron chi connectivity index (χ3n) is 5.11. The summed E-state index contributed by atoms with van der Waals surface area (Å²) in [5.74, 6) is 0.202. The van der Waals surface area contributed by atoms with Gasteiger partial charge in [0.25, 0.3) is 0 Å². The molecule has 1 fully saturated rings. The minimum Gasteiger partial charge on any atom is -0.475 e. The number of rotatable bonds is 7. The highest BCUT2D eigenvalue weighted by Gasteiger charge is 2.35. The van der Waals surface area contributed by atoms with Gasteiger partial charge in [-0.25, -0.2) is 4.98 Å². The van der Waals surface area contributed by atoms with Gasteiger partial charge in [0.1, 0.15) is 12.2 Å². The summed E-state index contributed by atoms with van der Waals surface area (Å²) in [5.41, 5.74) is 0.438. The Morgan fingerprint density at radius 2 is 1.88 bits per heavy atom. The van der Waals surface area contributed by atoms with E-state index in [1.807, 2.05) is 6.07 Å². The minimum absolute atomic E-state index is 0. The van der Waals surface area contributed by atoms with Crippen molar-refractivity contribution in [3.05, 3.63) is 59.8 Å². The molecule has 0 amide bonds. The second-order valence-electron chi connectivity index (χ2n) is 7.38. The molecule has 1 aliphatic heterocycles. The van der Waals surface area contributed by atoms with Crippen molar-refractivity contribution in [3.8, 4) is 5.88 Å². The molecule has 1 aliphatic rings. The fourth-order valence-corrected chi connectivity index (χ4v) is 3.50. The summed E-state index contributed by atoms with van der Waals surface area (Å²) in [6.07, 6.45) is -1.23. The Hall–Kier alpha value is -2.08. The number of benzene rings is 1. The van der Waals surface area contributed by atoms with Crippen LogP contribution < -0.4 is 15.4 Å². The normalized spacial score (nSPS) is 15.7. The Morgan fingerprint density at radius 3 is 2.53 bits per heavy atom. The molecule has 2 heterocycles. The number of aromatic nitrogens is 1. The van der Waals surface area contributed by atoms with Gasteiger partial charge in [-0.3, -0.25) is 9.89 Å². The van der Waals surface area contributed by atoms with Crippen LogP contribution >= 0.6 is 24.0 Å². The molecule has 0 aliphatic carbocycles. The Kier molecular flexibility index (Phi) is 10.5. The van der Waals surface area contributed by atoms with Gasteiger partial charge in [0.15, 0.2) is 5.96 Å². The van der Waals surface area contributed by atoms with Gasteiger partial charge in [0, 0.05) is 38.9 Å². The molecule has 10 heteroatoms. The molecular formula is C22H29F3IN5O. The van der Waals surface area contributed by atoms with Crippen LogP contribution in [0.25, 0.3) is 0 Å². The van der Waals surface area contributed by atoms with Gasteiger partial charge in [-0.1, -0.05) is 30.3 Å². The maximum absolute atomic E-state index is 13.0. The van der Waals surface area contributed by atoms with Crippen LogP contribution in [-0.4, -0.2) is 55.2 Å². The van der Waals surface area contributed by atoms with Crippen LogP contribution in [-0.2, 0) is 12.7 Å². The number of likely N-dealkylation sites (tertiary alicyclic amines) is 1. The number of nitrogens with one attached hydrogen (secondary N) is 2. The SMILES string of the molecule is CN=C(NCCOc1ncccc1C(F)(F)F)NC1CCN(Cc2ccccc2)CC1.I. The number of nitrogens with zero attached hydrogens (tertiary/aromatic N) is 3. The third-order valence-corrected chi connectivity index (χ3v) is 5.11. The van der Waals surface area contributed by atoms with Gasteiger partial charge in [-0.15, -0.1) is 24.0 Å². The zero-order valence-electron chi connectivity index (χ0n) is 17.9. The zero-order chi connectivity index (χ0) is 22.1. The first-order valence-corrected chi connectivity index (χ1v) is 10.3. The first kappa shape index (κ1) is 26.2. The Morgan fingerprint density at radius 1 is 1.16 bits per heavy atom. The van der Waals surface area contributed by atoms with Crippen molar-refractivity contribution < 1.29 is 17.9 Å². The summed E-state index contributed by atoms with van der Waals surface area (Å²) < 4.78 is 44.2. The van der Waals surface area contributed by atoms with Crippen molar-refractivity contribution in [2.75, 3.05) is 33.3 Å². The van der Waals surface area contributed by atoms with Gasteiger partial charge >= 0.3 is 6.18 Å². The molecular weight excluding hydrogens is 534 g/mol. The predicted molar refractivity (Wildman–Crippen MR) is 129 cm³/mol. The summed E-state index contributed by atoms with van der Waals surface area (Å²) >= 11 is 0. The van der Waals surface area contributed by atoms with Gasteiger partial charge in [-0.05, 0) is 30.5 Å². The Labute approximate surface area is 203 Å². The molecule has 3 rings (SSSR count). The van der Waals surface area contributed by atoms with E-state index in [0.29, 0.717) is 18.5 Å². The lowest BCUT2D eigenvalue weighted by atomic mass is 10.0. The summed E-state index contributed by atoms with van der Waals surface area (Å²) in [5, 5.41) is 6.47. The number of aliphatic imine (C=N–C) groups is 1. The number of halogens is 4. The quantitative estimate of drug-likeness (QED) is 0.232. The van der Waals surface area contributed by atoms with Crippen molar-refractivity contribution >= 4 is 29.9 Å². The third kappa shape index (κ3) is 8.12. The molecule has 32 heavy (non-hydrogen) atoms. The highest BCUT2D eigenvalue weighted by molar-refractivity contribution is 14.0. The molecule has 2 aromatic rings. The van der Waals surface area contributed by atoms with E-state index in [0.717, 1.165) is 38.5 Å². The maximum Gasteiger partial charge on any atom is 0.421 e. The monoisotopic (exact) mass is 563 g/mol. The first-order valence-electron chi connectivity index (χ1n) is 10.3. The van der Waals surface area contributed by atoms with Crippen molar-refractivity contribution in [1.82, 2.24) is 20.5 Å². The molecule has 1 aromatic heterocycles. The minimum atomic E-state index is -4.50.